The first kappa shape index (κ1) is 35.0. The van der Waals surface area contributed by atoms with Gasteiger partial charge in [0, 0.05) is 47.5 Å². The molecule has 1 saturated heterocycles. The average molecular weight is 643 g/mol. The predicted octanol–water partition coefficient (Wildman–Crippen LogP) is 0.0781. The quantitative estimate of drug-likeness (QED) is 0.179. The van der Waals surface area contributed by atoms with Crippen LogP contribution in [0.2, 0.25) is 0 Å². The van der Waals surface area contributed by atoms with Gasteiger partial charge in [-0.3, -0.25) is 28.8 Å². The highest BCUT2D eigenvalue weighted by molar-refractivity contribution is 5.88. The van der Waals surface area contributed by atoms with Gasteiger partial charge < -0.3 is 47.7 Å². The van der Waals surface area contributed by atoms with Gasteiger partial charge in [0.2, 0.25) is 12.6 Å². The van der Waals surface area contributed by atoms with Crippen LogP contribution in [0, 0.1) is 11.8 Å². The van der Waals surface area contributed by atoms with E-state index >= 15 is 0 Å². The van der Waals surface area contributed by atoms with Crippen molar-refractivity contribution >= 4 is 41.8 Å². The molecule has 0 spiro atoms. The zero-order valence-electron chi connectivity index (χ0n) is 25.2. The van der Waals surface area contributed by atoms with E-state index in [0.717, 1.165) is 47.8 Å². The van der Waals surface area contributed by atoms with Crippen molar-refractivity contribution in [1.82, 2.24) is 0 Å². The molecule has 2 aliphatic heterocycles. The summed E-state index contributed by atoms with van der Waals surface area (Å²) in [6.07, 6.45) is -7.93. The van der Waals surface area contributed by atoms with Crippen molar-refractivity contribution in [1.29, 1.82) is 0 Å². The first-order valence-corrected chi connectivity index (χ1v) is 13.6. The highest BCUT2D eigenvalue weighted by Crippen LogP contribution is 2.46. The van der Waals surface area contributed by atoms with Crippen molar-refractivity contribution in [3.05, 3.63) is 23.5 Å². The lowest BCUT2D eigenvalue weighted by Gasteiger charge is -2.46. The molecule has 17 heteroatoms. The molecule has 0 radical (unpaired) electrons. The number of esters is 6. The van der Waals surface area contributed by atoms with Crippen LogP contribution < -0.4 is 0 Å². The molecule has 17 nitrogen and oxygen atoms in total. The lowest BCUT2D eigenvalue weighted by Crippen LogP contribution is -2.63. The monoisotopic (exact) mass is 642 g/mol. The normalized spacial score (nSPS) is 30.2. The van der Waals surface area contributed by atoms with Crippen molar-refractivity contribution in [2.24, 2.45) is 11.8 Å². The van der Waals surface area contributed by atoms with Crippen LogP contribution in [0.4, 0.5) is 0 Å². The Labute approximate surface area is 256 Å². The Bertz CT molecular complexity index is 1270. The lowest BCUT2D eigenvalue weighted by molar-refractivity contribution is -0.342. The molecule has 3 rings (SSSR count). The molecular formula is C28H34O17. The largest absolute Gasteiger partial charge is 0.478 e. The molecular weight excluding hydrogens is 608 g/mol. The number of ether oxygens (including phenoxy) is 9. The van der Waals surface area contributed by atoms with E-state index in [2.05, 4.69) is 0 Å². The van der Waals surface area contributed by atoms with Crippen LogP contribution in [0.3, 0.4) is 0 Å². The number of hydrogen-bond acceptors (Lipinski definition) is 16. The van der Waals surface area contributed by atoms with Crippen molar-refractivity contribution in [2.75, 3.05) is 13.2 Å². The van der Waals surface area contributed by atoms with Crippen LogP contribution in [-0.4, -0.2) is 103 Å². The summed E-state index contributed by atoms with van der Waals surface area (Å²) in [5, 5.41) is 9.90. The highest BCUT2D eigenvalue weighted by Gasteiger charge is 2.56. The van der Waals surface area contributed by atoms with Crippen LogP contribution in [0.1, 0.15) is 41.5 Å². The first-order chi connectivity index (χ1) is 21.1. The van der Waals surface area contributed by atoms with Gasteiger partial charge in [-0.2, -0.15) is 0 Å². The van der Waals surface area contributed by atoms with Crippen molar-refractivity contribution in [3.63, 3.8) is 0 Å². The standard InChI is InChI=1S/C28H34O17/c1-11(29)37-8-17-7-19(40-13(3)31)22-18(26(35)36)9-39-27(21(17)22)45-28-25(43-16(6)34)24(42-15(5)33)23(41-14(4)32)20(44-28)10-38-12(2)30/h7,9,19-25,27-28H,8,10H2,1-6H3,(H,35,36). The van der Waals surface area contributed by atoms with E-state index in [9.17, 15) is 38.7 Å². The minimum atomic E-state index is -1.68. The summed E-state index contributed by atoms with van der Waals surface area (Å²) < 4.78 is 49.5. The molecule has 0 aromatic carbocycles. The van der Waals surface area contributed by atoms with E-state index in [0.29, 0.717) is 0 Å². The van der Waals surface area contributed by atoms with E-state index in [4.69, 9.17) is 42.6 Å². The fourth-order valence-corrected chi connectivity index (χ4v) is 5.25. The van der Waals surface area contributed by atoms with Crippen LogP contribution in [-0.2, 0) is 76.2 Å². The van der Waals surface area contributed by atoms with E-state index in [1.54, 1.807) is 0 Å². The third-order valence-electron chi connectivity index (χ3n) is 6.74. The molecule has 3 aliphatic rings. The van der Waals surface area contributed by atoms with Gasteiger partial charge in [-0.1, -0.05) is 0 Å². The summed E-state index contributed by atoms with van der Waals surface area (Å²) in [6, 6.07) is 0. The van der Waals surface area contributed by atoms with Crippen molar-refractivity contribution < 1.29 is 81.3 Å². The van der Waals surface area contributed by atoms with Gasteiger partial charge in [0.1, 0.15) is 25.4 Å². The number of carboxylic acid groups (broad SMARTS) is 1. The number of carbonyl (C=O) groups excluding carboxylic acids is 6. The van der Waals surface area contributed by atoms with Gasteiger partial charge in [0.15, 0.2) is 18.3 Å². The second-order valence-corrected chi connectivity index (χ2v) is 10.2. The van der Waals surface area contributed by atoms with Gasteiger partial charge >= 0.3 is 41.8 Å². The molecule has 0 aromatic rings. The van der Waals surface area contributed by atoms with Gasteiger partial charge in [-0.15, -0.1) is 0 Å². The molecule has 9 atom stereocenters. The summed E-state index contributed by atoms with van der Waals surface area (Å²) in [4.78, 5) is 83.6. The fourth-order valence-electron chi connectivity index (χ4n) is 5.25. The predicted molar refractivity (Wildman–Crippen MR) is 141 cm³/mol. The number of hydrogen-bond donors (Lipinski definition) is 1. The molecule has 0 saturated carbocycles. The Morgan fingerprint density at radius 3 is 1.78 bits per heavy atom. The molecule has 45 heavy (non-hydrogen) atoms. The Balaban J connectivity index is 2.08. The van der Waals surface area contributed by atoms with E-state index < -0.39 is 103 Å². The second-order valence-electron chi connectivity index (χ2n) is 10.2. The average Bonchev–Trinajstić information content (AvgIpc) is 3.26. The maximum absolute atomic E-state index is 12.2. The maximum atomic E-state index is 12.2. The van der Waals surface area contributed by atoms with E-state index in [1.165, 1.54) is 6.08 Å². The summed E-state index contributed by atoms with van der Waals surface area (Å²) in [5.41, 5.74) is -0.0225. The summed E-state index contributed by atoms with van der Waals surface area (Å²) in [7, 11) is 0. The van der Waals surface area contributed by atoms with Crippen LogP contribution in [0.5, 0.6) is 0 Å². The smallest absolute Gasteiger partial charge is 0.335 e. The number of fused-ring (bicyclic) bond motifs is 1. The van der Waals surface area contributed by atoms with E-state index in [-0.39, 0.29) is 17.8 Å². The first-order valence-electron chi connectivity index (χ1n) is 13.6. The highest BCUT2D eigenvalue weighted by atomic mass is 16.8. The molecule has 1 fully saturated rings. The minimum Gasteiger partial charge on any atom is -0.478 e. The van der Waals surface area contributed by atoms with Crippen LogP contribution >= 0.6 is 0 Å². The third kappa shape index (κ3) is 9.01. The Kier molecular flexibility index (Phi) is 11.6. The Hall–Kier alpha value is -4.51. The zero-order valence-corrected chi connectivity index (χ0v) is 25.2. The summed E-state index contributed by atoms with van der Waals surface area (Å²) >= 11 is 0. The number of aliphatic carboxylic acids is 1. The van der Waals surface area contributed by atoms with Gasteiger partial charge in [0.05, 0.1) is 17.8 Å². The number of carbonyl (C=O) groups is 7. The SMILES string of the molecule is CC(=O)OCC1=CC(OC(C)=O)C2C(C(=O)O)=COC(OC3OC(COC(C)=O)C(OC(C)=O)C(OC(C)=O)C3OC(C)=O)C12. The van der Waals surface area contributed by atoms with Gasteiger partial charge in [-0.05, 0) is 11.6 Å². The molecule has 2 heterocycles. The molecule has 9 unspecified atom stereocenters. The molecule has 1 aliphatic carbocycles. The number of rotatable bonds is 11. The van der Waals surface area contributed by atoms with Crippen LogP contribution in [0.15, 0.2) is 23.5 Å². The fraction of sp³-hybridized carbons (Fsp3) is 0.607. The Morgan fingerprint density at radius 2 is 1.24 bits per heavy atom. The summed E-state index contributed by atoms with van der Waals surface area (Å²) in [5.74, 6) is -8.25. The zero-order chi connectivity index (χ0) is 33.6. The number of carboxylic acids is 1. The minimum absolute atomic E-state index is 0.268. The van der Waals surface area contributed by atoms with E-state index in [1.807, 2.05) is 0 Å². The molecule has 0 amide bonds. The molecule has 0 aromatic heterocycles. The third-order valence-corrected chi connectivity index (χ3v) is 6.74. The molecule has 0 bridgehead atoms. The lowest BCUT2D eigenvalue weighted by atomic mass is 9.82. The Morgan fingerprint density at radius 1 is 0.689 bits per heavy atom. The van der Waals surface area contributed by atoms with Crippen molar-refractivity contribution in [3.8, 4) is 0 Å². The van der Waals surface area contributed by atoms with Crippen LogP contribution in [0.25, 0.3) is 0 Å². The van der Waals surface area contributed by atoms with Gasteiger partial charge in [-0.25, -0.2) is 4.79 Å². The van der Waals surface area contributed by atoms with Gasteiger partial charge in [0.25, 0.3) is 0 Å². The second kappa shape index (κ2) is 15.0. The molecule has 248 valence electrons. The van der Waals surface area contributed by atoms with Crippen molar-refractivity contribution in [2.45, 2.75) is 84.6 Å². The topological polar surface area (TPSA) is 223 Å². The summed E-state index contributed by atoms with van der Waals surface area (Å²) in [6.45, 7) is 5.67. The molecule has 1 N–H and O–H groups in total. The maximum Gasteiger partial charge on any atom is 0.335 e.